The molecule has 6 nitrogen and oxygen atoms in total. The number of carbonyl (C=O) groups is 2. The smallest absolute Gasteiger partial charge is 0.231 e. The van der Waals surface area contributed by atoms with Crippen molar-refractivity contribution in [3.05, 3.63) is 0 Å². The van der Waals surface area contributed by atoms with E-state index in [1.165, 1.54) is 38.5 Å². The Bertz CT molecular complexity index is 327. The highest BCUT2D eigenvalue weighted by Gasteiger charge is 2.34. The van der Waals surface area contributed by atoms with Crippen LogP contribution < -0.4 is 11.5 Å². The normalized spacial score (nSPS) is 31.0. The van der Waals surface area contributed by atoms with E-state index < -0.39 is 0 Å². The van der Waals surface area contributed by atoms with Crippen LogP contribution in [0.4, 0.5) is 0 Å². The lowest BCUT2D eigenvalue weighted by Crippen LogP contribution is -2.22. The molecule has 4 atom stereocenters. The summed E-state index contributed by atoms with van der Waals surface area (Å²) in [6.07, 6.45) is 7.34. The van der Waals surface area contributed by atoms with Crippen molar-refractivity contribution in [3.8, 4) is 0 Å². The molecule has 4 unspecified atom stereocenters. The van der Waals surface area contributed by atoms with E-state index in [9.17, 15) is 9.59 Å². The lowest BCUT2D eigenvalue weighted by Gasteiger charge is -2.03. The van der Waals surface area contributed by atoms with E-state index >= 15 is 0 Å². The second kappa shape index (κ2) is 7.04. The molecule has 2 heterocycles. The summed E-state index contributed by atoms with van der Waals surface area (Å²) < 4.78 is 0. The average Bonchev–Trinajstić information content (AvgIpc) is 3.22. The maximum atomic E-state index is 10.7. The summed E-state index contributed by atoms with van der Waals surface area (Å²) >= 11 is 0. The van der Waals surface area contributed by atoms with Crippen molar-refractivity contribution in [1.82, 2.24) is 9.80 Å². The average molecular weight is 282 g/mol. The first kappa shape index (κ1) is 15.3. The fourth-order valence-corrected chi connectivity index (χ4v) is 2.90. The number of unbranched alkanes of at least 4 members (excludes halogenated alkanes) is 3. The van der Waals surface area contributed by atoms with Gasteiger partial charge in [-0.15, -0.1) is 0 Å². The first-order valence-electron chi connectivity index (χ1n) is 7.61. The molecular weight excluding hydrogens is 256 g/mol. The van der Waals surface area contributed by atoms with Crippen LogP contribution in [-0.2, 0) is 9.59 Å². The van der Waals surface area contributed by atoms with Crippen molar-refractivity contribution in [2.75, 3.05) is 26.2 Å². The second-order valence-electron chi connectivity index (χ2n) is 6.09. The van der Waals surface area contributed by atoms with Gasteiger partial charge in [0.15, 0.2) is 0 Å². The molecule has 2 aliphatic heterocycles. The first-order valence-corrected chi connectivity index (χ1v) is 7.61. The number of primary amides is 2. The molecule has 0 aromatic heterocycles. The van der Waals surface area contributed by atoms with Gasteiger partial charge in [0, 0.05) is 25.2 Å². The summed E-state index contributed by atoms with van der Waals surface area (Å²) in [6, 6.07) is 1.19. The Morgan fingerprint density at radius 1 is 0.800 bits per heavy atom. The number of nitrogens with two attached hydrogens (primary N) is 2. The minimum atomic E-state index is -0.225. The predicted octanol–water partition coefficient (Wildman–Crippen LogP) is -0.334. The van der Waals surface area contributed by atoms with Crippen LogP contribution in [0.2, 0.25) is 0 Å². The quantitative estimate of drug-likeness (QED) is 0.401. The van der Waals surface area contributed by atoms with E-state index in [1.807, 2.05) is 0 Å². The Labute approximate surface area is 120 Å². The molecule has 20 heavy (non-hydrogen) atoms. The van der Waals surface area contributed by atoms with Gasteiger partial charge in [0.05, 0.1) is 13.1 Å². The summed E-state index contributed by atoms with van der Waals surface area (Å²) in [5.41, 5.74) is 10.3. The Morgan fingerprint density at radius 2 is 1.20 bits per heavy atom. The minimum absolute atomic E-state index is 0.225. The third-order valence-corrected chi connectivity index (χ3v) is 4.20. The van der Waals surface area contributed by atoms with Gasteiger partial charge in [0.25, 0.3) is 0 Å². The molecule has 0 radical (unpaired) electrons. The van der Waals surface area contributed by atoms with Crippen molar-refractivity contribution in [2.45, 2.75) is 50.6 Å². The van der Waals surface area contributed by atoms with Crippen LogP contribution >= 0.6 is 0 Å². The molecule has 2 amide bonds. The molecule has 2 rings (SSSR count). The summed E-state index contributed by atoms with van der Waals surface area (Å²) in [5, 5.41) is 0. The minimum Gasteiger partial charge on any atom is -0.369 e. The molecule has 114 valence electrons. The van der Waals surface area contributed by atoms with Gasteiger partial charge >= 0.3 is 0 Å². The van der Waals surface area contributed by atoms with Crippen LogP contribution in [-0.4, -0.2) is 59.9 Å². The van der Waals surface area contributed by atoms with Gasteiger partial charge in [0.2, 0.25) is 11.8 Å². The van der Waals surface area contributed by atoms with Crippen molar-refractivity contribution >= 4 is 11.8 Å². The lowest BCUT2D eigenvalue weighted by atomic mass is 10.1. The van der Waals surface area contributed by atoms with Crippen LogP contribution in [0.3, 0.4) is 0 Å². The van der Waals surface area contributed by atoms with E-state index in [0.29, 0.717) is 25.2 Å². The molecule has 4 N–H and O–H groups in total. The van der Waals surface area contributed by atoms with Crippen LogP contribution in [0.5, 0.6) is 0 Å². The van der Waals surface area contributed by atoms with Crippen LogP contribution in [0.25, 0.3) is 0 Å². The van der Waals surface area contributed by atoms with E-state index in [4.69, 9.17) is 11.5 Å². The molecule has 0 spiro atoms. The van der Waals surface area contributed by atoms with Crippen molar-refractivity contribution < 1.29 is 9.59 Å². The molecule has 2 fully saturated rings. The zero-order chi connectivity index (χ0) is 14.5. The Morgan fingerprint density at radius 3 is 1.55 bits per heavy atom. The topological polar surface area (TPSA) is 92.2 Å². The molecule has 0 saturated carbocycles. The zero-order valence-electron chi connectivity index (χ0n) is 12.1. The highest BCUT2D eigenvalue weighted by Crippen LogP contribution is 2.25. The van der Waals surface area contributed by atoms with Crippen molar-refractivity contribution in [3.63, 3.8) is 0 Å². The Balaban J connectivity index is 1.37. The van der Waals surface area contributed by atoms with E-state index in [0.717, 1.165) is 13.1 Å². The third kappa shape index (κ3) is 5.46. The highest BCUT2D eigenvalue weighted by molar-refractivity contribution is 5.76. The summed E-state index contributed by atoms with van der Waals surface area (Å²) in [6.45, 7) is 2.91. The molecule has 0 bridgehead atoms. The zero-order valence-corrected chi connectivity index (χ0v) is 12.1. The van der Waals surface area contributed by atoms with Gasteiger partial charge in [-0.1, -0.05) is 25.7 Å². The fourth-order valence-electron chi connectivity index (χ4n) is 2.90. The number of nitrogens with zero attached hydrogens (tertiary/aromatic N) is 2. The summed E-state index contributed by atoms with van der Waals surface area (Å²) in [4.78, 5) is 25.7. The largest absolute Gasteiger partial charge is 0.369 e. The molecule has 0 aromatic rings. The van der Waals surface area contributed by atoms with E-state index in [1.54, 1.807) is 0 Å². The summed E-state index contributed by atoms with van der Waals surface area (Å²) in [7, 11) is 0. The summed E-state index contributed by atoms with van der Waals surface area (Å²) in [5.74, 6) is -0.449. The van der Waals surface area contributed by atoms with Crippen LogP contribution in [0.1, 0.15) is 38.5 Å². The number of rotatable bonds is 11. The highest BCUT2D eigenvalue weighted by atomic mass is 16.1. The third-order valence-electron chi connectivity index (χ3n) is 4.20. The van der Waals surface area contributed by atoms with Crippen molar-refractivity contribution in [2.24, 2.45) is 11.5 Å². The number of hydrogen-bond donors (Lipinski definition) is 2. The van der Waals surface area contributed by atoms with Gasteiger partial charge in [-0.3, -0.25) is 19.4 Å². The monoisotopic (exact) mass is 282 g/mol. The van der Waals surface area contributed by atoms with E-state index in [2.05, 4.69) is 9.80 Å². The number of carbonyl (C=O) groups excluding carboxylic acids is 2. The molecule has 6 heteroatoms. The van der Waals surface area contributed by atoms with Crippen LogP contribution in [0.15, 0.2) is 0 Å². The lowest BCUT2D eigenvalue weighted by molar-refractivity contribution is -0.119. The maximum absolute atomic E-state index is 10.7. The predicted molar refractivity (Wildman–Crippen MR) is 76.8 cm³/mol. The molecular formula is C14H26N4O2. The maximum Gasteiger partial charge on any atom is 0.231 e. The molecule has 0 aromatic carbocycles. The fraction of sp³-hybridized carbons (Fsp3) is 0.857. The molecule has 2 aliphatic rings. The van der Waals surface area contributed by atoms with Gasteiger partial charge in [-0.05, 0) is 12.8 Å². The Hall–Kier alpha value is -1.14. The van der Waals surface area contributed by atoms with Crippen molar-refractivity contribution in [1.29, 1.82) is 0 Å². The van der Waals surface area contributed by atoms with Gasteiger partial charge < -0.3 is 11.5 Å². The number of amides is 2. The second-order valence-corrected chi connectivity index (χ2v) is 6.09. The van der Waals surface area contributed by atoms with Gasteiger partial charge in [-0.25, -0.2) is 0 Å². The van der Waals surface area contributed by atoms with E-state index in [-0.39, 0.29) is 11.8 Å². The van der Waals surface area contributed by atoms with Gasteiger partial charge in [0.1, 0.15) is 0 Å². The van der Waals surface area contributed by atoms with Gasteiger partial charge in [-0.2, -0.15) is 0 Å². The van der Waals surface area contributed by atoms with Crippen LogP contribution in [0, 0.1) is 0 Å². The standard InChI is InChI=1S/C14H26N4O2/c15-13(19)9-17-7-11(17)5-3-1-2-4-6-12-8-18(12)10-14(16)20/h11-12H,1-10H2,(H2,15,19)(H2,16,20). The number of hydrogen-bond acceptors (Lipinski definition) is 4. The molecule has 0 aliphatic carbocycles. The SMILES string of the molecule is NC(=O)CN1CC1CCCCCCC1CN1CC(N)=O. The Kier molecular flexibility index (Phi) is 5.37. The molecule has 2 saturated heterocycles. The first-order chi connectivity index (χ1) is 9.56.